The summed E-state index contributed by atoms with van der Waals surface area (Å²) in [5, 5.41) is 3.74. The van der Waals surface area contributed by atoms with Gasteiger partial charge in [-0.2, -0.15) is 0 Å². The van der Waals surface area contributed by atoms with E-state index >= 15 is 0 Å². The molecule has 0 bridgehead atoms. The van der Waals surface area contributed by atoms with Crippen molar-refractivity contribution in [1.29, 1.82) is 0 Å². The largest absolute Gasteiger partial charge is 0.314 e. The maximum atomic E-state index is 3.74. The number of nitrogens with one attached hydrogen (secondary N) is 1. The van der Waals surface area contributed by atoms with Crippen molar-refractivity contribution in [3.05, 3.63) is 12.2 Å². The minimum atomic E-state index is 0.839. The van der Waals surface area contributed by atoms with Gasteiger partial charge in [0.1, 0.15) is 0 Å². The van der Waals surface area contributed by atoms with Gasteiger partial charge < -0.3 is 5.32 Å². The summed E-state index contributed by atoms with van der Waals surface area (Å²) >= 11 is 0. The van der Waals surface area contributed by atoms with Crippen molar-refractivity contribution in [2.75, 3.05) is 6.54 Å². The molecule has 1 nitrogen and oxygen atoms in total. The summed E-state index contributed by atoms with van der Waals surface area (Å²) in [7, 11) is 0. The zero-order valence-electron chi connectivity index (χ0n) is 8.97. The highest BCUT2D eigenvalue weighted by atomic mass is 14.9. The average molecular weight is 191 g/mol. The van der Waals surface area contributed by atoms with E-state index in [4.69, 9.17) is 0 Å². The molecular weight excluding hydrogens is 170 g/mol. The maximum Gasteiger partial charge on any atom is 0.00777 e. The molecule has 0 atom stereocenters. The Kier molecular flexibility index (Phi) is 2.16. The van der Waals surface area contributed by atoms with Crippen LogP contribution in [0.2, 0.25) is 0 Å². The first kappa shape index (κ1) is 8.96. The Bertz CT molecular complexity index is 224. The predicted octanol–water partition coefficient (Wildman–Crippen LogP) is 2.87. The van der Waals surface area contributed by atoms with Crippen molar-refractivity contribution in [1.82, 2.24) is 5.32 Å². The van der Waals surface area contributed by atoms with Crippen LogP contribution >= 0.6 is 0 Å². The molecule has 3 rings (SSSR count). The first-order valence-electron chi connectivity index (χ1n) is 6.25. The standard InChI is InChI=1S/C13H21N/c1-2-5-11(4-1)10-14-12-8-13(9-12)6-3-7-13/h1-2,11-12,14H,3-10H2. The SMILES string of the molecule is C1=CCC(CNC2CC3(CCC3)C2)C1. The van der Waals surface area contributed by atoms with Crippen molar-refractivity contribution < 1.29 is 0 Å². The van der Waals surface area contributed by atoms with Crippen LogP contribution in [0.25, 0.3) is 0 Å². The molecule has 2 saturated carbocycles. The number of allylic oxidation sites excluding steroid dienone is 2. The molecule has 78 valence electrons. The van der Waals surface area contributed by atoms with Gasteiger partial charge in [0.15, 0.2) is 0 Å². The first-order valence-corrected chi connectivity index (χ1v) is 6.25. The quantitative estimate of drug-likeness (QED) is 0.676. The fourth-order valence-electron chi connectivity index (χ4n) is 3.39. The normalized spacial score (nSPS) is 30.6. The molecule has 3 aliphatic rings. The predicted molar refractivity (Wildman–Crippen MR) is 59.2 cm³/mol. The molecule has 0 heterocycles. The minimum Gasteiger partial charge on any atom is -0.314 e. The molecule has 14 heavy (non-hydrogen) atoms. The second-order valence-electron chi connectivity index (χ2n) is 5.68. The van der Waals surface area contributed by atoms with E-state index in [9.17, 15) is 0 Å². The summed E-state index contributed by atoms with van der Waals surface area (Å²) in [6.45, 7) is 1.26. The first-order chi connectivity index (χ1) is 6.86. The van der Waals surface area contributed by atoms with Gasteiger partial charge in [-0.25, -0.2) is 0 Å². The Balaban J connectivity index is 1.35. The summed E-state index contributed by atoms with van der Waals surface area (Å²) in [5.74, 6) is 0.910. The molecule has 1 heteroatoms. The van der Waals surface area contributed by atoms with Crippen molar-refractivity contribution in [3.63, 3.8) is 0 Å². The molecule has 0 aromatic carbocycles. The van der Waals surface area contributed by atoms with E-state index < -0.39 is 0 Å². The van der Waals surface area contributed by atoms with Crippen molar-refractivity contribution in [3.8, 4) is 0 Å². The van der Waals surface area contributed by atoms with Crippen LogP contribution in [0.15, 0.2) is 12.2 Å². The summed E-state index contributed by atoms with van der Waals surface area (Å²) < 4.78 is 0. The molecule has 0 aromatic rings. The third kappa shape index (κ3) is 1.52. The summed E-state index contributed by atoms with van der Waals surface area (Å²) in [6.07, 6.45) is 14.8. The fraction of sp³-hybridized carbons (Fsp3) is 0.846. The highest BCUT2D eigenvalue weighted by Crippen LogP contribution is 2.55. The van der Waals surface area contributed by atoms with Gasteiger partial charge in [-0.3, -0.25) is 0 Å². The maximum absolute atomic E-state index is 3.74. The van der Waals surface area contributed by atoms with Crippen molar-refractivity contribution >= 4 is 0 Å². The van der Waals surface area contributed by atoms with Gasteiger partial charge >= 0.3 is 0 Å². The summed E-state index contributed by atoms with van der Waals surface area (Å²) in [5.41, 5.74) is 0.839. The van der Waals surface area contributed by atoms with Crippen LogP contribution in [-0.4, -0.2) is 12.6 Å². The molecule has 0 radical (unpaired) electrons. The summed E-state index contributed by atoms with van der Waals surface area (Å²) in [6, 6.07) is 0.871. The van der Waals surface area contributed by atoms with Crippen LogP contribution in [0.4, 0.5) is 0 Å². The zero-order valence-corrected chi connectivity index (χ0v) is 8.97. The topological polar surface area (TPSA) is 12.0 Å². The monoisotopic (exact) mass is 191 g/mol. The lowest BCUT2D eigenvalue weighted by Crippen LogP contribution is -2.52. The van der Waals surface area contributed by atoms with E-state index in [-0.39, 0.29) is 0 Å². The number of rotatable bonds is 3. The minimum absolute atomic E-state index is 0.839. The number of hydrogen-bond acceptors (Lipinski definition) is 1. The van der Waals surface area contributed by atoms with Crippen LogP contribution in [-0.2, 0) is 0 Å². The second kappa shape index (κ2) is 3.37. The Hall–Kier alpha value is -0.300. The van der Waals surface area contributed by atoms with E-state index in [1.165, 1.54) is 51.5 Å². The van der Waals surface area contributed by atoms with Gasteiger partial charge in [-0.1, -0.05) is 18.6 Å². The molecule has 0 aromatic heterocycles. The summed E-state index contributed by atoms with van der Waals surface area (Å²) in [4.78, 5) is 0. The lowest BCUT2D eigenvalue weighted by atomic mass is 9.54. The third-order valence-corrected chi connectivity index (χ3v) is 4.57. The van der Waals surface area contributed by atoms with Crippen LogP contribution in [0.3, 0.4) is 0 Å². The van der Waals surface area contributed by atoms with E-state index in [1.807, 2.05) is 0 Å². The molecule has 3 aliphatic carbocycles. The molecule has 1 spiro atoms. The Labute approximate surface area is 87.0 Å². The molecule has 0 unspecified atom stereocenters. The van der Waals surface area contributed by atoms with Crippen LogP contribution in [0.5, 0.6) is 0 Å². The Morgan fingerprint density at radius 3 is 2.43 bits per heavy atom. The smallest absolute Gasteiger partial charge is 0.00777 e. The lowest BCUT2D eigenvalue weighted by molar-refractivity contribution is -0.00306. The molecule has 1 N–H and O–H groups in total. The van der Waals surface area contributed by atoms with Gasteiger partial charge in [0.2, 0.25) is 0 Å². The van der Waals surface area contributed by atoms with Gasteiger partial charge in [0.25, 0.3) is 0 Å². The lowest BCUT2D eigenvalue weighted by Gasteiger charge is -2.54. The Morgan fingerprint density at radius 1 is 1.14 bits per heavy atom. The molecular formula is C13H21N. The van der Waals surface area contributed by atoms with E-state index in [2.05, 4.69) is 17.5 Å². The van der Waals surface area contributed by atoms with E-state index in [0.29, 0.717) is 0 Å². The number of hydrogen-bond donors (Lipinski definition) is 1. The average Bonchev–Trinajstić information content (AvgIpc) is 2.50. The highest BCUT2D eigenvalue weighted by molar-refractivity contribution is 5.03. The molecule has 0 amide bonds. The van der Waals surface area contributed by atoms with Gasteiger partial charge in [-0.15, -0.1) is 0 Å². The third-order valence-electron chi connectivity index (χ3n) is 4.57. The van der Waals surface area contributed by atoms with Gasteiger partial charge in [0, 0.05) is 6.04 Å². The van der Waals surface area contributed by atoms with Crippen molar-refractivity contribution in [2.24, 2.45) is 11.3 Å². The van der Waals surface area contributed by atoms with Gasteiger partial charge in [-0.05, 0) is 56.4 Å². The van der Waals surface area contributed by atoms with E-state index in [1.54, 1.807) is 0 Å². The Morgan fingerprint density at radius 2 is 1.86 bits per heavy atom. The van der Waals surface area contributed by atoms with Gasteiger partial charge in [0.05, 0.1) is 0 Å². The highest BCUT2D eigenvalue weighted by Gasteiger charge is 2.47. The van der Waals surface area contributed by atoms with Crippen LogP contribution in [0.1, 0.15) is 44.9 Å². The van der Waals surface area contributed by atoms with Crippen LogP contribution in [0, 0.1) is 11.3 Å². The molecule has 0 saturated heterocycles. The van der Waals surface area contributed by atoms with Crippen molar-refractivity contribution in [2.45, 2.75) is 51.0 Å². The van der Waals surface area contributed by atoms with E-state index in [0.717, 1.165) is 17.4 Å². The molecule has 0 aliphatic heterocycles. The fourth-order valence-corrected chi connectivity index (χ4v) is 3.39. The zero-order chi connectivity index (χ0) is 9.43. The molecule has 2 fully saturated rings. The second-order valence-corrected chi connectivity index (χ2v) is 5.68. The van der Waals surface area contributed by atoms with Crippen LogP contribution < -0.4 is 5.32 Å².